The van der Waals surface area contributed by atoms with Crippen molar-refractivity contribution >= 4 is 11.6 Å². The summed E-state index contributed by atoms with van der Waals surface area (Å²) in [6.07, 6.45) is -4.42. The van der Waals surface area contributed by atoms with E-state index in [9.17, 15) is 18.0 Å². The average molecular weight is 375 g/mol. The van der Waals surface area contributed by atoms with Gasteiger partial charge in [0, 0.05) is 18.3 Å². The van der Waals surface area contributed by atoms with E-state index >= 15 is 0 Å². The minimum absolute atomic E-state index is 0.261. The van der Waals surface area contributed by atoms with Gasteiger partial charge in [-0.3, -0.25) is 9.48 Å². The Bertz CT molecular complexity index is 963. The molecule has 0 aliphatic heterocycles. The monoisotopic (exact) mass is 375 g/mol. The van der Waals surface area contributed by atoms with Gasteiger partial charge in [-0.25, -0.2) is 0 Å². The highest BCUT2D eigenvalue weighted by molar-refractivity contribution is 6.03. The third-order valence-corrected chi connectivity index (χ3v) is 3.95. The molecule has 8 heteroatoms. The van der Waals surface area contributed by atoms with Gasteiger partial charge in [-0.1, -0.05) is 12.1 Å². The van der Waals surface area contributed by atoms with E-state index in [0.29, 0.717) is 11.4 Å². The Kier molecular flexibility index (Phi) is 4.89. The maximum Gasteiger partial charge on any atom is 0.416 e. The second kappa shape index (κ2) is 7.14. The molecule has 0 spiro atoms. The Hall–Kier alpha value is -3.29. The summed E-state index contributed by atoms with van der Waals surface area (Å²) in [4.78, 5) is 12.5. The van der Waals surface area contributed by atoms with Crippen LogP contribution in [-0.2, 0) is 13.2 Å². The summed E-state index contributed by atoms with van der Waals surface area (Å²) < 4.78 is 44.4. The number of benzene rings is 2. The highest BCUT2D eigenvalue weighted by atomic mass is 19.4. The summed E-state index contributed by atoms with van der Waals surface area (Å²) in [5, 5.41) is 6.89. The number of carbonyl (C=O) groups excluding carboxylic acids is 1. The van der Waals surface area contributed by atoms with Gasteiger partial charge < -0.3 is 10.1 Å². The van der Waals surface area contributed by atoms with E-state index < -0.39 is 17.6 Å². The van der Waals surface area contributed by atoms with Crippen LogP contribution in [0.4, 0.5) is 18.9 Å². The number of nitrogens with zero attached hydrogens (tertiary/aromatic N) is 2. The molecule has 0 aliphatic rings. The van der Waals surface area contributed by atoms with E-state index in [1.165, 1.54) is 16.8 Å². The van der Waals surface area contributed by atoms with Crippen molar-refractivity contribution in [2.75, 3.05) is 12.4 Å². The zero-order chi connectivity index (χ0) is 19.6. The topological polar surface area (TPSA) is 56.1 Å². The Morgan fingerprint density at radius 1 is 1.11 bits per heavy atom. The molecule has 1 N–H and O–H groups in total. The molecule has 140 valence electrons. The number of carbonyl (C=O) groups is 1. The number of amides is 1. The van der Waals surface area contributed by atoms with Crippen LogP contribution in [0.2, 0.25) is 0 Å². The predicted molar refractivity (Wildman–Crippen MR) is 94.6 cm³/mol. The van der Waals surface area contributed by atoms with Crippen LogP contribution in [0.15, 0.2) is 54.6 Å². The number of hydrogen-bond donors (Lipinski definition) is 1. The third kappa shape index (κ3) is 4.11. The molecule has 1 aromatic heterocycles. The first-order valence-electron chi connectivity index (χ1n) is 7.95. The first kappa shape index (κ1) is 18.5. The van der Waals surface area contributed by atoms with E-state index in [-0.39, 0.29) is 11.4 Å². The SMILES string of the molecule is COc1cccc(-c2cc(C(=O)Nc3ccc(C(F)(F)F)cc3)n(C)n2)c1. The molecule has 1 heterocycles. The van der Waals surface area contributed by atoms with E-state index in [4.69, 9.17) is 4.74 Å². The third-order valence-electron chi connectivity index (χ3n) is 3.95. The number of anilines is 1. The molecular weight excluding hydrogens is 359 g/mol. The number of aryl methyl sites for hydroxylation is 1. The number of hydrogen-bond acceptors (Lipinski definition) is 3. The highest BCUT2D eigenvalue weighted by Gasteiger charge is 2.30. The van der Waals surface area contributed by atoms with Crippen molar-refractivity contribution in [3.63, 3.8) is 0 Å². The summed E-state index contributed by atoms with van der Waals surface area (Å²) in [5.74, 6) is 0.188. The average Bonchev–Trinajstić information content (AvgIpc) is 3.03. The lowest BCUT2D eigenvalue weighted by atomic mass is 10.1. The molecule has 0 saturated heterocycles. The lowest BCUT2D eigenvalue weighted by molar-refractivity contribution is -0.137. The molecule has 27 heavy (non-hydrogen) atoms. The molecule has 0 fully saturated rings. The lowest BCUT2D eigenvalue weighted by Gasteiger charge is -2.08. The molecule has 0 atom stereocenters. The second-order valence-electron chi connectivity index (χ2n) is 5.80. The molecule has 2 aromatic carbocycles. The first-order valence-corrected chi connectivity index (χ1v) is 7.95. The van der Waals surface area contributed by atoms with E-state index in [2.05, 4.69) is 10.4 Å². The van der Waals surface area contributed by atoms with E-state index in [1.807, 2.05) is 12.1 Å². The van der Waals surface area contributed by atoms with Gasteiger partial charge in [0.2, 0.25) is 0 Å². The summed E-state index contributed by atoms with van der Waals surface area (Å²) in [7, 11) is 3.17. The number of methoxy groups -OCH3 is 1. The number of rotatable bonds is 4. The summed E-state index contributed by atoms with van der Waals surface area (Å²) >= 11 is 0. The number of aromatic nitrogens is 2. The van der Waals surface area contributed by atoms with Crippen LogP contribution < -0.4 is 10.1 Å². The van der Waals surface area contributed by atoms with Crippen LogP contribution >= 0.6 is 0 Å². The van der Waals surface area contributed by atoms with Gasteiger partial charge in [-0.15, -0.1) is 0 Å². The number of halogens is 3. The number of nitrogens with one attached hydrogen (secondary N) is 1. The molecule has 0 aliphatic carbocycles. The molecule has 1 amide bonds. The van der Waals surface area contributed by atoms with Gasteiger partial charge >= 0.3 is 6.18 Å². The quantitative estimate of drug-likeness (QED) is 0.737. The van der Waals surface area contributed by atoms with Gasteiger partial charge in [-0.05, 0) is 42.5 Å². The molecule has 3 aromatic rings. The predicted octanol–water partition coefficient (Wildman–Crippen LogP) is 4.37. The van der Waals surface area contributed by atoms with Crippen molar-refractivity contribution in [3.8, 4) is 17.0 Å². The van der Waals surface area contributed by atoms with Gasteiger partial charge in [0.25, 0.3) is 5.91 Å². The standard InChI is InChI=1S/C19H16F3N3O2/c1-25-17(11-16(24-25)12-4-3-5-15(10-12)27-2)18(26)23-14-8-6-13(7-9-14)19(20,21)22/h3-11H,1-2H3,(H,23,26). The zero-order valence-electron chi connectivity index (χ0n) is 14.5. The normalized spacial score (nSPS) is 11.3. The zero-order valence-corrected chi connectivity index (χ0v) is 14.5. The van der Waals surface area contributed by atoms with Crippen molar-refractivity contribution in [1.82, 2.24) is 9.78 Å². The smallest absolute Gasteiger partial charge is 0.416 e. The second-order valence-corrected chi connectivity index (χ2v) is 5.80. The van der Waals surface area contributed by atoms with Crippen LogP contribution in [0.1, 0.15) is 16.1 Å². The minimum Gasteiger partial charge on any atom is -0.497 e. The van der Waals surface area contributed by atoms with Crippen LogP contribution in [0.5, 0.6) is 5.75 Å². The van der Waals surface area contributed by atoms with Crippen molar-refractivity contribution in [2.24, 2.45) is 7.05 Å². The van der Waals surface area contributed by atoms with Gasteiger partial charge in [-0.2, -0.15) is 18.3 Å². The van der Waals surface area contributed by atoms with Crippen molar-refractivity contribution in [3.05, 3.63) is 65.9 Å². The Labute approximate surface area is 153 Å². The Morgan fingerprint density at radius 2 is 1.81 bits per heavy atom. The number of alkyl halides is 3. The first-order chi connectivity index (χ1) is 12.8. The fourth-order valence-corrected chi connectivity index (χ4v) is 2.54. The molecule has 5 nitrogen and oxygen atoms in total. The fourth-order valence-electron chi connectivity index (χ4n) is 2.54. The highest BCUT2D eigenvalue weighted by Crippen LogP contribution is 2.30. The van der Waals surface area contributed by atoms with Crippen LogP contribution in [0.25, 0.3) is 11.3 Å². The van der Waals surface area contributed by atoms with Gasteiger partial charge in [0.15, 0.2) is 0 Å². The van der Waals surface area contributed by atoms with Gasteiger partial charge in [0.1, 0.15) is 11.4 Å². The Balaban J connectivity index is 1.80. The maximum atomic E-state index is 12.6. The Morgan fingerprint density at radius 3 is 2.44 bits per heavy atom. The van der Waals surface area contributed by atoms with Crippen molar-refractivity contribution in [2.45, 2.75) is 6.18 Å². The number of ether oxygens (including phenoxy) is 1. The minimum atomic E-state index is -4.42. The molecule has 0 saturated carbocycles. The molecule has 0 unspecified atom stereocenters. The van der Waals surface area contributed by atoms with Gasteiger partial charge in [0.05, 0.1) is 18.4 Å². The van der Waals surface area contributed by atoms with Crippen molar-refractivity contribution < 1.29 is 22.7 Å². The fraction of sp³-hybridized carbons (Fsp3) is 0.158. The van der Waals surface area contributed by atoms with Crippen LogP contribution in [-0.4, -0.2) is 22.8 Å². The van der Waals surface area contributed by atoms with Crippen LogP contribution in [0.3, 0.4) is 0 Å². The maximum absolute atomic E-state index is 12.6. The summed E-state index contributed by atoms with van der Waals surface area (Å²) in [5.41, 5.74) is 1.11. The summed E-state index contributed by atoms with van der Waals surface area (Å²) in [6, 6.07) is 13.1. The van der Waals surface area contributed by atoms with Crippen LogP contribution in [0, 0.1) is 0 Å². The molecular formula is C19H16F3N3O2. The molecule has 0 bridgehead atoms. The molecule has 3 rings (SSSR count). The van der Waals surface area contributed by atoms with Crippen molar-refractivity contribution in [1.29, 1.82) is 0 Å². The van der Waals surface area contributed by atoms with E-state index in [1.54, 1.807) is 32.4 Å². The largest absolute Gasteiger partial charge is 0.497 e. The van der Waals surface area contributed by atoms with E-state index in [0.717, 1.165) is 17.7 Å². The lowest BCUT2D eigenvalue weighted by Crippen LogP contribution is -2.16. The molecule has 0 radical (unpaired) electrons. The summed E-state index contributed by atoms with van der Waals surface area (Å²) in [6.45, 7) is 0.